The molecule has 11 heavy (non-hydrogen) atoms. The van der Waals surface area contributed by atoms with Gasteiger partial charge in [0, 0.05) is 6.61 Å². The molecule has 0 bridgehead atoms. The summed E-state index contributed by atoms with van der Waals surface area (Å²) in [6.45, 7) is 10.1. The Morgan fingerprint density at radius 2 is 2.09 bits per heavy atom. The largest absolute Gasteiger partial charge is 0.399 e. The van der Waals surface area contributed by atoms with Crippen LogP contribution >= 0.6 is 0 Å². The second-order valence-corrected chi connectivity index (χ2v) is 3.11. The van der Waals surface area contributed by atoms with Crippen LogP contribution in [0.25, 0.3) is 0 Å². The molecule has 2 nitrogen and oxygen atoms in total. The highest BCUT2D eigenvalue weighted by Crippen LogP contribution is 1.92. The van der Waals surface area contributed by atoms with Gasteiger partial charge in [-0.1, -0.05) is 19.1 Å². The summed E-state index contributed by atoms with van der Waals surface area (Å²) < 4.78 is 10.6. The number of hydrogen-bond acceptors (Lipinski definition) is 2. The van der Waals surface area contributed by atoms with Crippen molar-refractivity contribution in [3.63, 3.8) is 0 Å². The van der Waals surface area contributed by atoms with E-state index in [0.29, 0.717) is 0 Å². The van der Waals surface area contributed by atoms with Gasteiger partial charge >= 0.3 is 10.0 Å². The van der Waals surface area contributed by atoms with E-state index >= 15 is 0 Å². The van der Waals surface area contributed by atoms with E-state index in [-0.39, 0.29) is 6.10 Å². The highest BCUT2D eigenvalue weighted by molar-refractivity contribution is 6.18. The van der Waals surface area contributed by atoms with Crippen LogP contribution in [-0.2, 0) is 8.85 Å². The molecular formula is C8H16O2Si. The van der Waals surface area contributed by atoms with Crippen molar-refractivity contribution in [2.24, 2.45) is 0 Å². The Labute approximate surface area is 71.0 Å². The molecule has 3 heteroatoms. The molecule has 0 spiro atoms. The van der Waals surface area contributed by atoms with Crippen LogP contribution in [0.3, 0.4) is 0 Å². The molecule has 0 heterocycles. The molecule has 0 unspecified atom stereocenters. The van der Waals surface area contributed by atoms with Gasteiger partial charge in [0.25, 0.3) is 0 Å². The van der Waals surface area contributed by atoms with Crippen molar-refractivity contribution < 1.29 is 8.85 Å². The molecule has 0 aromatic heterocycles. The van der Waals surface area contributed by atoms with Crippen LogP contribution in [-0.4, -0.2) is 22.7 Å². The van der Waals surface area contributed by atoms with Crippen LogP contribution < -0.4 is 0 Å². The van der Waals surface area contributed by atoms with Crippen LogP contribution in [0, 0.1) is 0 Å². The fraction of sp³-hybridized carbons (Fsp3) is 0.500. The average Bonchev–Trinajstić information content (AvgIpc) is 2.05. The van der Waals surface area contributed by atoms with E-state index in [4.69, 9.17) is 8.85 Å². The second-order valence-electron chi connectivity index (χ2n) is 2.13. The van der Waals surface area contributed by atoms with Crippen molar-refractivity contribution in [1.82, 2.24) is 0 Å². The zero-order chi connectivity index (χ0) is 8.53. The molecule has 0 radical (unpaired) electrons. The fourth-order valence-corrected chi connectivity index (χ4v) is 1.49. The zero-order valence-corrected chi connectivity index (χ0v) is 8.50. The van der Waals surface area contributed by atoms with Crippen LogP contribution in [0.1, 0.15) is 13.3 Å². The quantitative estimate of drug-likeness (QED) is 0.326. The van der Waals surface area contributed by atoms with Gasteiger partial charge in [0.05, 0.1) is 6.10 Å². The minimum atomic E-state index is -0.812. The van der Waals surface area contributed by atoms with E-state index in [2.05, 4.69) is 20.1 Å². The van der Waals surface area contributed by atoms with Gasteiger partial charge in [-0.05, 0) is 6.42 Å². The van der Waals surface area contributed by atoms with Crippen molar-refractivity contribution in [2.45, 2.75) is 19.4 Å². The third-order valence-corrected chi connectivity index (χ3v) is 2.13. The Morgan fingerprint density at radius 1 is 1.45 bits per heavy atom. The normalized spacial score (nSPS) is 11.1. The van der Waals surface area contributed by atoms with Crippen molar-refractivity contribution in [2.75, 3.05) is 6.61 Å². The lowest BCUT2D eigenvalue weighted by atomic mass is 10.4. The van der Waals surface area contributed by atoms with Crippen molar-refractivity contribution >= 4 is 10.0 Å². The molecule has 0 rings (SSSR count). The summed E-state index contributed by atoms with van der Waals surface area (Å²) in [7, 11) is -0.812. The molecule has 0 aliphatic heterocycles. The Morgan fingerprint density at radius 3 is 2.55 bits per heavy atom. The monoisotopic (exact) mass is 172 g/mol. The maximum atomic E-state index is 5.32. The lowest BCUT2D eigenvalue weighted by Crippen LogP contribution is -2.13. The molecule has 0 saturated carbocycles. The minimum absolute atomic E-state index is 0.0291. The Balaban J connectivity index is 3.21. The average molecular weight is 172 g/mol. The molecule has 0 N–H and O–H groups in total. The first-order chi connectivity index (χ1) is 5.35. The fourth-order valence-electron chi connectivity index (χ4n) is 0.562. The topological polar surface area (TPSA) is 18.5 Å². The summed E-state index contributed by atoms with van der Waals surface area (Å²) in [4.78, 5) is 0. The number of hydrogen-bond donors (Lipinski definition) is 0. The Kier molecular flexibility index (Phi) is 7.45. The van der Waals surface area contributed by atoms with E-state index in [1.54, 1.807) is 12.2 Å². The van der Waals surface area contributed by atoms with Gasteiger partial charge in [-0.25, -0.2) is 0 Å². The molecule has 0 saturated heterocycles. The maximum Gasteiger partial charge on any atom is 0.305 e. The first-order valence-electron chi connectivity index (χ1n) is 3.79. The molecule has 0 fully saturated rings. The van der Waals surface area contributed by atoms with Gasteiger partial charge in [0.15, 0.2) is 0 Å². The third-order valence-electron chi connectivity index (χ3n) is 1.16. The molecule has 0 aromatic carbocycles. The van der Waals surface area contributed by atoms with E-state index in [1.807, 2.05) is 0 Å². The first kappa shape index (κ1) is 10.6. The standard InChI is InChI=1S/C8H16O2Si/c1-4-7-9-11-10-8(5-2)6-3/h5-6,8H,2-4,7,11H2,1H3. The summed E-state index contributed by atoms with van der Waals surface area (Å²) in [6.07, 6.45) is 4.45. The van der Waals surface area contributed by atoms with Crippen molar-refractivity contribution in [1.29, 1.82) is 0 Å². The zero-order valence-electron chi connectivity index (χ0n) is 7.08. The highest BCUT2D eigenvalue weighted by atomic mass is 28.3. The van der Waals surface area contributed by atoms with Crippen molar-refractivity contribution in [3.8, 4) is 0 Å². The second kappa shape index (κ2) is 7.72. The number of rotatable bonds is 7. The molecule has 64 valence electrons. The summed E-state index contributed by atoms with van der Waals surface area (Å²) in [5.41, 5.74) is 0. The van der Waals surface area contributed by atoms with Gasteiger partial charge in [-0.3, -0.25) is 0 Å². The van der Waals surface area contributed by atoms with E-state index < -0.39 is 10.0 Å². The maximum absolute atomic E-state index is 5.32. The lowest BCUT2D eigenvalue weighted by Gasteiger charge is -2.08. The Hall–Kier alpha value is -0.383. The van der Waals surface area contributed by atoms with Crippen LogP contribution in [0.15, 0.2) is 25.3 Å². The van der Waals surface area contributed by atoms with Crippen LogP contribution in [0.2, 0.25) is 0 Å². The summed E-state index contributed by atoms with van der Waals surface area (Å²) >= 11 is 0. The van der Waals surface area contributed by atoms with Gasteiger partial charge in [0.1, 0.15) is 0 Å². The predicted molar refractivity (Wildman–Crippen MR) is 50.1 cm³/mol. The molecule has 0 atom stereocenters. The van der Waals surface area contributed by atoms with Gasteiger partial charge < -0.3 is 8.85 Å². The van der Waals surface area contributed by atoms with Gasteiger partial charge in [-0.2, -0.15) is 0 Å². The van der Waals surface area contributed by atoms with Gasteiger partial charge in [-0.15, -0.1) is 13.2 Å². The Bertz CT molecular complexity index is 107. The molecule has 0 aliphatic rings. The molecule has 0 aromatic rings. The summed E-state index contributed by atoms with van der Waals surface area (Å²) in [5, 5.41) is 0. The van der Waals surface area contributed by atoms with Crippen LogP contribution in [0.5, 0.6) is 0 Å². The minimum Gasteiger partial charge on any atom is -0.399 e. The SMILES string of the molecule is C=CC(C=C)O[SiH2]OCCC. The molecular weight excluding hydrogens is 156 g/mol. The summed E-state index contributed by atoms with van der Waals surface area (Å²) in [5.74, 6) is 0. The van der Waals surface area contributed by atoms with Crippen molar-refractivity contribution in [3.05, 3.63) is 25.3 Å². The van der Waals surface area contributed by atoms with Crippen LogP contribution in [0.4, 0.5) is 0 Å². The van der Waals surface area contributed by atoms with Gasteiger partial charge in [0.2, 0.25) is 0 Å². The highest BCUT2D eigenvalue weighted by Gasteiger charge is 1.96. The lowest BCUT2D eigenvalue weighted by molar-refractivity contribution is 0.210. The summed E-state index contributed by atoms with van der Waals surface area (Å²) in [6, 6.07) is 0. The first-order valence-corrected chi connectivity index (χ1v) is 4.95. The van der Waals surface area contributed by atoms with E-state index in [1.165, 1.54) is 0 Å². The molecule has 0 aliphatic carbocycles. The smallest absolute Gasteiger partial charge is 0.305 e. The molecule has 0 amide bonds. The van der Waals surface area contributed by atoms with E-state index in [0.717, 1.165) is 13.0 Å². The third kappa shape index (κ3) is 6.03. The van der Waals surface area contributed by atoms with E-state index in [9.17, 15) is 0 Å². The predicted octanol–water partition coefficient (Wildman–Crippen LogP) is 1.17.